The number of ether oxygens (including phenoxy) is 3. The van der Waals surface area contributed by atoms with Crippen molar-refractivity contribution in [3.8, 4) is 28.6 Å². The number of aromatic nitrogens is 4. The molecule has 8 nitrogen and oxygen atoms in total. The van der Waals surface area contributed by atoms with Gasteiger partial charge in [-0.05, 0) is 18.6 Å². The molecule has 2 aromatic heterocycles. The number of hydrogen-bond donors (Lipinski definition) is 1. The van der Waals surface area contributed by atoms with Gasteiger partial charge in [0.2, 0.25) is 5.75 Å². The molecule has 1 aromatic carbocycles. The molecule has 0 spiro atoms. The highest BCUT2D eigenvalue weighted by molar-refractivity contribution is 5.79. The first kappa shape index (κ1) is 17.8. The van der Waals surface area contributed by atoms with Crippen LogP contribution in [0.25, 0.3) is 22.4 Å². The highest BCUT2D eigenvalue weighted by atomic mass is 16.5. The van der Waals surface area contributed by atoms with Gasteiger partial charge in [0.05, 0.1) is 27.0 Å². The van der Waals surface area contributed by atoms with Crippen LogP contribution in [0.2, 0.25) is 0 Å². The first-order valence-corrected chi connectivity index (χ1v) is 8.30. The van der Waals surface area contributed by atoms with E-state index in [2.05, 4.69) is 22.0 Å². The molecule has 0 saturated carbocycles. The zero-order valence-corrected chi connectivity index (χ0v) is 15.5. The maximum absolute atomic E-state index is 12.6. The van der Waals surface area contributed by atoms with Crippen LogP contribution in [0.3, 0.4) is 0 Å². The molecule has 0 radical (unpaired) electrons. The molecule has 3 rings (SSSR count). The summed E-state index contributed by atoms with van der Waals surface area (Å²) in [4.78, 5) is 20.1. The molecule has 26 heavy (non-hydrogen) atoms. The van der Waals surface area contributed by atoms with Gasteiger partial charge in [-0.3, -0.25) is 9.48 Å². The van der Waals surface area contributed by atoms with Gasteiger partial charge in [-0.2, -0.15) is 5.10 Å². The monoisotopic (exact) mass is 358 g/mol. The molecule has 0 atom stereocenters. The predicted molar refractivity (Wildman–Crippen MR) is 98.2 cm³/mol. The smallest absolute Gasteiger partial charge is 0.277 e. The molecular formula is C18H22N4O4. The summed E-state index contributed by atoms with van der Waals surface area (Å²) in [5, 5.41) is 4.43. The molecule has 3 aromatic rings. The quantitative estimate of drug-likeness (QED) is 0.727. The van der Waals surface area contributed by atoms with Crippen LogP contribution in [0, 0.1) is 0 Å². The molecule has 0 amide bonds. The number of benzene rings is 1. The van der Waals surface area contributed by atoms with Crippen LogP contribution in [-0.4, -0.2) is 41.1 Å². The molecule has 8 heteroatoms. The number of aryl methyl sites for hydroxylation is 2. The Hall–Kier alpha value is -3.03. The number of aromatic amines is 1. The zero-order chi connectivity index (χ0) is 18.8. The van der Waals surface area contributed by atoms with Gasteiger partial charge in [-0.15, -0.1) is 0 Å². The van der Waals surface area contributed by atoms with Gasteiger partial charge in [0.25, 0.3) is 5.56 Å². The Labute approximate surface area is 150 Å². The van der Waals surface area contributed by atoms with Gasteiger partial charge < -0.3 is 19.2 Å². The first-order valence-electron chi connectivity index (χ1n) is 8.30. The lowest BCUT2D eigenvalue weighted by molar-refractivity contribution is 0.324. The average Bonchev–Trinajstić information content (AvgIpc) is 2.96. The van der Waals surface area contributed by atoms with E-state index in [-0.39, 0.29) is 5.56 Å². The van der Waals surface area contributed by atoms with E-state index in [1.807, 2.05) is 0 Å². The molecular weight excluding hydrogens is 336 g/mol. The van der Waals surface area contributed by atoms with Crippen LogP contribution in [0.5, 0.6) is 17.2 Å². The van der Waals surface area contributed by atoms with E-state index in [0.717, 1.165) is 18.5 Å². The molecule has 1 N–H and O–H groups in total. The fourth-order valence-electron chi connectivity index (χ4n) is 3.01. The highest BCUT2D eigenvalue weighted by Crippen LogP contribution is 2.40. The number of hydrogen-bond acceptors (Lipinski definition) is 6. The topological polar surface area (TPSA) is 91.3 Å². The summed E-state index contributed by atoms with van der Waals surface area (Å²) in [5.74, 6) is 1.89. The highest BCUT2D eigenvalue weighted by Gasteiger charge is 2.18. The molecule has 0 aliphatic carbocycles. The van der Waals surface area contributed by atoms with Crippen molar-refractivity contribution in [1.82, 2.24) is 19.7 Å². The van der Waals surface area contributed by atoms with E-state index in [9.17, 15) is 4.79 Å². The number of H-pyrrole nitrogens is 1. The van der Waals surface area contributed by atoms with Crippen LogP contribution in [0.15, 0.2) is 16.9 Å². The first-order chi connectivity index (χ1) is 12.5. The Bertz CT molecular complexity index is 981. The Balaban J connectivity index is 2.25. The maximum atomic E-state index is 12.6. The van der Waals surface area contributed by atoms with Crippen LogP contribution >= 0.6 is 0 Å². The summed E-state index contributed by atoms with van der Waals surface area (Å²) >= 11 is 0. The van der Waals surface area contributed by atoms with Crippen LogP contribution in [-0.2, 0) is 13.5 Å². The van der Waals surface area contributed by atoms with Crippen molar-refractivity contribution in [2.45, 2.75) is 19.8 Å². The summed E-state index contributed by atoms with van der Waals surface area (Å²) in [6.07, 6.45) is 1.67. The fraction of sp³-hybridized carbons (Fsp3) is 0.389. The van der Waals surface area contributed by atoms with Crippen molar-refractivity contribution >= 4 is 11.0 Å². The lowest BCUT2D eigenvalue weighted by atomic mass is 10.1. The minimum atomic E-state index is -0.240. The summed E-state index contributed by atoms with van der Waals surface area (Å²) < 4.78 is 17.7. The van der Waals surface area contributed by atoms with Crippen LogP contribution in [0.4, 0.5) is 0 Å². The van der Waals surface area contributed by atoms with E-state index >= 15 is 0 Å². The number of nitrogens with one attached hydrogen (secondary N) is 1. The Morgan fingerprint density at radius 1 is 1.12 bits per heavy atom. The number of methoxy groups -OCH3 is 3. The van der Waals surface area contributed by atoms with Gasteiger partial charge in [0.1, 0.15) is 11.3 Å². The van der Waals surface area contributed by atoms with E-state index in [1.165, 1.54) is 0 Å². The zero-order valence-electron chi connectivity index (χ0n) is 15.5. The third kappa shape index (κ3) is 2.87. The number of rotatable bonds is 6. The molecule has 138 valence electrons. The molecule has 0 bridgehead atoms. The third-order valence-electron chi connectivity index (χ3n) is 4.19. The summed E-state index contributed by atoms with van der Waals surface area (Å²) in [6, 6.07) is 3.50. The second-order valence-corrected chi connectivity index (χ2v) is 5.85. The number of fused-ring (bicyclic) bond motifs is 1. The van der Waals surface area contributed by atoms with Gasteiger partial charge in [-0.25, -0.2) is 4.98 Å². The van der Waals surface area contributed by atoms with Crippen LogP contribution in [0.1, 0.15) is 19.0 Å². The van der Waals surface area contributed by atoms with Gasteiger partial charge >= 0.3 is 0 Å². The van der Waals surface area contributed by atoms with Crippen molar-refractivity contribution in [1.29, 1.82) is 0 Å². The predicted octanol–water partition coefficient (Wildman–Crippen LogP) is 2.30. The van der Waals surface area contributed by atoms with Crippen molar-refractivity contribution < 1.29 is 14.2 Å². The second kappa shape index (κ2) is 7.07. The standard InChI is InChI=1S/C18H22N4O4/c1-6-7-11-14-15(22(2)21-11)18(23)20-17(19-14)10-8-12(24-3)16(26-5)13(9-10)25-4/h8-9H,6-7H2,1-5H3,(H,19,20,23). The van der Waals surface area contributed by atoms with Crippen molar-refractivity contribution in [2.24, 2.45) is 7.05 Å². The molecule has 0 fully saturated rings. The molecule has 0 aliphatic rings. The second-order valence-electron chi connectivity index (χ2n) is 5.85. The van der Waals surface area contributed by atoms with Crippen molar-refractivity contribution in [3.63, 3.8) is 0 Å². The summed E-state index contributed by atoms with van der Waals surface area (Å²) in [5.41, 5.74) is 2.30. The van der Waals surface area contributed by atoms with Gasteiger partial charge in [-0.1, -0.05) is 13.3 Å². The van der Waals surface area contributed by atoms with Crippen molar-refractivity contribution in [2.75, 3.05) is 21.3 Å². The average molecular weight is 358 g/mol. The summed E-state index contributed by atoms with van der Waals surface area (Å²) in [6.45, 7) is 2.06. The van der Waals surface area contributed by atoms with E-state index in [1.54, 1.807) is 45.2 Å². The molecule has 2 heterocycles. The van der Waals surface area contributed by atoms with Gasteiger partial charge in [0, 0.05) is 12.6 Å². The molecule has 0 saturated heterocycles. The van der Waals surface area contributed by atoms with Crippen molar-refractivity contribution in [3.05, 3.63) is 28.2 Å². The normalized spacial score (nSPS) is 11.0. The van der Waals surface area contributed by atoms with E-state index in [4.69, 9.17) is 14.2 Å². The lowest BCUT2D eigenvalue weighted by Gasteiger charge is -2.13. The van der Waals surface area contributed by atoms with Crippen LogP contribution < -0.4 is 19.8 Å². The van der Waals surface area contributed by atoms with E-state index in [0.29, 0.717) is 39.7 Å². The Kier molecular flexibility index (Phi) is 4.83. The van der Waals surface area contributed by atoms with E-state index < -0.39 is 0 Å². The molecule has 0 unspecified atom stereocenters. The third-order valence-corrected chi connectivity index (χ3v) is 4.19. The minimum Gasteiger partial charge on any atom is -0.493 e. The maximum Gasteiger partial charge on any atom is 0.277 e. The Morgan fingerprint density at radius 2 is 1.77 bits per heavy atom. The minimum absolute atomic E-state index is 0.240. The SMILES string of the molecule is CCCc1nn(C)c2c(=O)[nH]c(-c3cc(OC)c(OC)c(OC)c3)nc12. The summed E-state index contributed by atoms with van der Waals surface area (Å²) in [7, 11) is 6.37. The van der Waals surface area contributed by atoms with Gasteiger partial charge in [0.15, 0.2) is 17.0 Å². The Morgan fingerprint density at radius 3 is 2.31 bits per heavy atom. The largest absolute Gasteiger partial charge is 0.493 e. The number of nitrogens with zero attached hydrogens (tertiary/aromatic N) is 3. The molecule has 0 aliphatic heterocycles. The fourth-order valence-corrected chi connectivity index (χ4v) is 3.01. The lowest BCUT2D eigenvalue weighted by Crippen LogP contribution is -2.12.